The molecule has 0 aliphatic carbocycles. The van der Waals surface area contributed by atoms with Crippen LogP contribution in [0.4, 0.5) is 0 Å². The van der Waals surface area contributed by atoms with Gasteiger partial charge in [-0.3, -0.25) is 4.79 Å². The lowest BCUT2D eigenvalue weighted by molar-refractivity contribution is -0.140. The number of ether oxygens (including phenoxy) is 1. The fourth-order valence-electron chi connectivity index (χ4n) is 2.66. The highest BCUT2D eigenvalue weighted by Gasteiger charge is 2.27. The zero-order valence-electron chi connectivity index (χ0n) is 12.9. The summed E-state index contributed by atoms with van der Waals surface area (Å²) in [6.45, 7) is 2.83. The van der Waals surface area contributed by atoms with Crippen LogP contribution in [0.15, 0.2) is 38.6 Å². The Morgan fingerprint density at radius 1 is 1.25 bits per heavy atom. The molecule has 1 aliphatic rings. The molecule has 2 heterocycles. The smallest absolute Gasteiger partial charge is 0.349 e. The first-order valence-corrected chi connectivity index (χ1v) is 9.87. The fourth-order valence-corrected chi connectivity index (χ4v) is 4.58. The maximum atomic E-state index is 12.6. The lowest BCUT2D eigenvalue weighted by Crippen LogP contribution is -2.42. The van der Waals surface area contributed by atoms with E-state index in [4.69, 9.17) is 4.74 Å². The van der Waals surface area contributed by atoms with Crippen molar-refractivity contribution in [1.82, 2.24) is 4.90 Å². The maximum absolute atomic E-state index is 12.6. The van der Waals surface area contributed by atoms with Crippen LogP contribution in [-0.2, 0) is 22.5 Å². The zero-order valence-corrected chi connectivity index (χ0v) is 16.9. The molecule has 0 spiro atoms. The maximum Gasteiger partial charge on any atom is 0.349 e. The van der Waals surface area contributed by atoms with Crippen LogP contribution >= 0.6 is 43.2 Å². The summed E-state index contributed by atoms with van der Waals surface area (Å²) >= 11 is 7.96. The van der Waals surface area contributed by atoms with E-state index in [2.05, 4.69) is 37.9 Å². The highest BCUT2D eigenvalue weighted by Crippen LogP contribution is 2.33. The topological polar surface area (TPSA) is 46.6 Å². The third-order valence-electron chi connectivity index (χ3n) is 3.92. The highest BCUT2D eigenvalue weighted by molar-refractivity contribution is 9.13. The lowest BCUT2D eigenvalue weighted by Gasteiger charge is -2.30. The molecule has 3 rings (SSSR count). The summed E-state index contributed by atoms with van der Waals surface area (Å²) < 4.78 is 6.96. The van der Waals surface area contributed by atoms with E-state index in [0.29, 0.717) is 18.0 Å². The van der Waals surface area contributed by atoms with Gasteiger partial charge in [0.1, 0.15) is 4.88 Å². The Bertz CT molecular complexity index is 770. The Labute approximate surface area is 161 Å². The quantitative estimate of drug-likeness (QED) is 0.622. The summed E-state index contributed by atoms with van der Waals surface area (Å²) in [6, 6.07) is 9.80. The van der Waals surface area contributed by atoms with E-state index in [0.717, 1.165) is 20.2 Å². The molecule has 1 aromatic heterocycles. The summed E-state index contributed by atoms with van der Waals surface area (Å²) in [7, 11) is 0. The van der Waals surface area contributed by atoms with Gasteiger partial charge < -0.3 is 9.64 Å². The summed E-state index contributed by atoms with van der Waals surface area (Å²) in [6.07, 6.45) is 0.0235. The Kier molecular flexibility index (Phi) is 5.42. The van der Waals surface area contributed by atoms with Crippen LogP contribution in [0, 0.1) is 0 Å². The molecule has 126 valence electrons. The van der Waals surface area contributed by atoms with E-state index in [1.165, 1.54) is 16.9 Å². The van der Waals surface area contributed by atoms with E-state index in [9.17, 15) is 9.59 Å². The van der Waals surface area contributed by atoms with Crippen LogP contribution in [-0.4, -0.2) is 29.4 Å². The molecule has 7 heteroatoms. The summed E-state index contributed by atoms with van der Waals surface area (Å²) in [5.74, 6) is -0.641. The number of rotatable bonds is 3. The SMILES string of the molecule is C[C@H](OC(=O)c1cc(Br)c(Br)s1)C(=O)N1CCc2ccccc2C1. The van der Waals surface area contributed by atoms with Crippen molar-refractivity contribution in [3.8, 4) is 0 Å². The zero-order chi connectivity index (χ0) is 17.3. The molecule has 1 atom stereocenters. The van der Waals surface area contributed by atoms with E-state index < -0.39 is 12.1 Å². The Morgan fingerprint density at radius 2 is 1.96 bits per heavy atom. The van der Waals surface area contributed by atoms with Gasteiger partial charge in [0, 0.05) is 17.6 Å². The van der Waals surface area contributed by atoms with E-state index >= 15 is 0 Å². The van der Waals surface area contributed by atoms with Crippen LogP contribution in [0.1, 0.15) is 27.7 Å². The van der Waals surface area contributed by atoms with Crippen LogP contribution in [0.5, 0.6) is 0 Å². The number of carbonyl (C=O) groups excluding carboxylic acids is 2. The van der Waals surface area contributed by atoms with E-state index in [-0.39, 0.29) is 5.91 Å². The molecule has 1 aromatic carbocycles. The van der Waals surface area contributed by atoms with Gasteiger partial charge in [-0.25, -0.2) is 4.79 Å². The standard InChI is InChI=1S/C17H15Br2NO3S/c1-10(23-17(22)14-8-13(18)15(19)24-14)16(21)20-7-6-11-4-2-3-5-12(11)9-20/h2-5,8,10H,6-7,9H2,1H3/t10-/m0/s1. The van der Waals surface area contributed by atoms with Crippen molar-refractivity contribution in [2.45, 2.75) is 26.0 Å². The van der Waals surface area contributed by atoms with Gasteiger partial charge in [0.15, 0.2) is 6.10 Å². The largest absolute Gasteiger partial charge is 0.448 e. The van der Waals surface area contributed by atoms with Crippen LogP contribution in [0.2, 0.25) is 0 Å². The number of hydrogen-bond acceptors (Lipinski definition) is 4. The molecular weight excluding hydrogens is 458 g/mol. The molecule has 0 N–H and O–H groups in total. The molecule has 0 radical (unpaired) electrons. The van der Waals surface area contributed by atoms with Gasteiger partial charge in [-0.2, -0.15) is 0 Å². The van der Waals surface area contributed by atoms with Crippen molar-refractivity contribution < 1.29 is 14.3 Å². The van der Waals surface area contributed by atoms with Crippen molar-refractivity contribution in [2.24, 2.45) is 0 Å². The number of hydrogen-bond donors (Lipinski definition) is 0. The van der Waals surface area contributed by atoms with Crippen LogP contribution in [0.25, 0.3) is 0 Å². The molecule has 1 amide bonds. The number of esters is 1. The second-order valence-electron chi connectivity index (χ2n) is 5.56. The molecular formula is C17H15Br2NO3S. The molecule has 0 bridgehead atoms. The minimum absolute atomic E-state index is 0.160. The van der Waals surface area contributed by atoms with Gasteiger partial charge in [0.05, 0.1) is 3.79 Å². The summed E-state index contributed by atoms with van der Waals surface area (Å²) in [5.41, 5.74) is 2.43. The predicted molar refractivity (Wildman–Crippen MR) is 100 cm³/mol. The average molecular weight is 473 g/mol. The van der Waals surface area contributed by atoms with Gasteiger partial charge in [-0.15, -0.1) is 11.3 Å². The van der Waals surface area contributed by atoms with Gasteiger partial charge in [0.2, 0.25) is 0 Å². The number of nitrogens with zero attached hydrogens (tertiary/aromatic N) is 1. The van der Waals surface area contributed by atoms with Gasteiger partial charge in [-0.1, -0.05) is 24.3 Å². The first kappa shape index (κ1) is 17.6. The van der Waals surface area contributed by atoms with Crippen molar-refractivity contribution >= 4 is 55.1 Å². The molecule has 24 heavy (non-hydrogen) atoms. The second-order valence-corrected chi connectivity index (χ2v) is 8.78. The number of thiophene rings is 1. The lowest BCUT2D eigenvalue weighted by atomic mass is 9.99. The first-order valence-electron chi connectivity index (χ1n) is 7.47. The molecule has 0 unspecified atom stereocenters. The molecule has 1 aliphatic heterocycles. The van der Waals surface area contributed by atoms with E-state index in [1.807, 2.05) is 18.2 Å². The molecule has 0 saturated carbocycles. The molecule has 4 nitrogen and oxygen atoms in total. The van der Waals surface area contributed by atoms with Gasteiger partial charge in [-0.05, 0) is 62.4 Å². The number of halogens is 2. The number of benzene rings is 1. The summed E-state index contributed by atoms with van der Waals surface area (Å²) in [5, 5.41) is 0. The van der Waals surface area contributed by atoms with Gasteiger partial charge >= 0.3 is 5.97 Å². The molecule has 2 aromatic rings. The van der Waals surface area contributed by atoms with Crippen molar-refractivity contribution in [3.05, 3.63) is 54.6 Å². The number of carbonyl (C=O) groups is 2. The van der Waals surface area contributed by atoms with Crippen molar-refractivity contribution in [1.29, 1.82) is 0 Å². The minimum Gasteiger partial charge on any atom is -0.448 e. The fraction of sp³-hybridized carbons (Fsp3) is 0.294. The average Bonchev–Trinajstić information content (AvgIpc) is 2.93. The van der Waals surface area contributed by atoms with Crippen LogP contribution < -0.4 is 0 Å². The predicted octanol–water partition coefficient (Wildman–Crippen LogP) is 4.40. The molecule has 0 fully saturated rings. The number of amides is 1. The highest BCUT2D eigenvalue weighted by atomic mass is 79.9. The minimum atomic E-state index is -0.803. The monoisotopic (exact) mass is 471 g/mol. The normalized spacial score (nSPS) is 14.9. The van der Waals surface area contributed by atoms with Crippen molar-refractivity contribution in [2.75, 3.05) is 6.54 Å². The van der Waals surface area contributed by atoms with Gasteiger partial charge in [0.25, 0.3) is 5.91 Å². The van der Waals surface area contributed by atoms with Crippen molar-refractivity contribution in [3.63, 3.8) is 0 Å². The third-order valence-corrected chi connectivity index (χ3v) is 7.16. The third kappa shape index (κ3) is 3.73. The Morgan fingerprint density at radius 3 is 2.62 bits per heavy atom. The van der Waals surface area contributed by atoms with E-state index in [1.54, 1.807) is 17.9 Å². The molecule has 0 saturated heterocycles. The number of fused-ring (bicyclic) bond motifs is 1. The second kappa shape index (κ2) is 7.37. The first-order chi connectivity index (χ1) is 11.5. The Hall–Kier alpha value is -1.18. The van der Waals surface area contributed by atoms with Crippen LogP contribution in [0.3, 0.4) is 0 Å². The summed E-state index contributed by atoms with van der Waals surface area (Å²) in [4.78, 5) is 27.0. The Balaban J connectivity index is 1.64.